The summed E-state index contributed by atoms with van der Waals surface area (Å²) in [6, 6.07) is 7.75. The largest absolute Gasteiger partial charge is 0.507 e. The third kappa shape index (κ3) is 2.96. The molecule has 1 aromatic carbocycles. The van der Waals surface area contributed by atoms with Crippen molar-refractivity contribution in [3.63, 3.8) is 0 Å². The predicted octanol–water partition coefficient (Wildman–Crippen LogP) is 2.19. The van der Waals surface area contributed by atoms with Crippen molar-refractivity contribution in [2.45, 2.75) is 44.9 Å². The minimum Gasteiger partial charge on any atom is -0.507 e. The van der Waals surface area contributed by atoms with Gasteiger partial charge in [-0.05, 0) is 49.6 Å². The molecule has 25 heavy (non-hydrogen) atoms. The first-order valence-electron chi connectivity index (χ1n) is 8.73. The van der Waals surface area contributed by atoms with E-state index >= 15 is 0 Å². The van der Waals surface area contributed by atoms with Gasteiger partial charge in [-0.3, -0.25) is 0 Å². The molecule has 132 valence electrons. The van der Waals surface area contributed by atoms with E-state index in [0.717, 1.165) is 29.1 Å². The minimum atomic E-state index is -0.310. The lowest BCUT2D eigenvalue weighted by Gasteiger charge is -2.38. The standard InChI is InChI=1S/C19H23N3O3/c1-11-7-12(2)19(16(24)8-11)14-3-4-18(21-20-14)22-5-6-25-17-10-13(23)9-15(17)22/h3-4,7-8,13,15,17,23-24H,5-6,9-10H2,1-2H3/t13-,15-,17+/m0/s1. The predicted molar refractivity (Wildman–Crippen MR) is 94.7 cm³/mol. The highest BCUT2D eigenvalue weighted by atomic mass is 16.5. The molecule has 1 aliphatic heterocycles. The Morgan fingerprint density at radius 1 is 1.16 bits per heavy atom. The fourth-order valence-corrected chi connectivity index (χ4v) is 4.10. The topological polar surface area (TPSA) is 78.7 Å². The van der Waals surface area contributed by atoms with Crippen LogP contribution in [0.25, 0.3) is 11.3 Å². The van der Waals surface area contributed by atoms with E-state index in [4.69, 9.17) is 4.74 Å². The Labute approximate surface area is 147 Å². The smallest absolute Gasteiger partial charge is 0.151 e. The number of rotatable bonds is 2. The van der Waals surface area contributed by atoms with Crippen molar-refractivity contribution in [2.24, 2.45) is 0 Å². The lowest BCUT2D eigenvalue weighted by atomic mass is 10.0. The highest BCUT2D eigenvalue weighted by Crippen LogP contribution is 2.35. The van der Waals surface area contributed by atoms with Crippen LogP contribution in [0, 0.1) is 13.8 Å². The lowest BCUT2D eigenvalue weighted by Crippen LogP contribution is -2.49. The summed E-state index contributed by atoms with van der Waals surface area (Å²) in [5.74, 6) is 1.02. The van der Waals surface area contributed by atoms with E-state index in [1.165, 1.54) is 0 Å². The Hall–Kier alpha value is -2.18. The molecule has 6 heteroatoms. The van der Waals surface area contributed by atoms with Crippen molar-refractivity contribution >= 4 is 5.82 Å². The van der Waals surface area contributed by atoms with Crippen LogP contribution in [-0.4, -0.2) is 51.8 Å². The zero-order chi connectivity index (χ0) is 17.6. The van der Waals surface area contributed by atoms with Crippen LogP contribution in [0.2, 0.25) is 0 Å². The van der Waals surface area contributed by atoms with Gasteiger partial charge in [-0.2, -0.15) is 0 Å². The molecule has 6 nitrogen and oxygen atoms in total. The molecule has 1 saturated heterocycles. The number of morpholine rings is 1. The van der Waals surface area contributed by atoms with Crippen LogP contribution in [0.4, 0.5) is 5.82 Å². The van der Waals surface area contributed by atoms with E-state index in [0.29, 0.717) is 25.1 Å². The number of ether oxygens (including phenoxy) is 1. The van der Waals surface area contributed by atoms with Gasteiger partial charge in [0, 0.05) is 18.5 Å². The van der Waals surface area contributed by atoms with Crippen molar-refractivity contribution in [3.05, 3.63) is 35.4 Å². The van der Waals surface area contributed by atoms with Gasteiger partial charge in [-0.15, -0.1) is 10.2 Å². The van der Waals surface area contributed by atoms with Gasteiger partial charge in [0.1, 0.15) is 5.75 Å². The van der Waals surface area contributed by atoms with Crippen LogP contribution in [0.5, 0.6) is 5.75 Å². The average molecular weight is 341 g/mol. The molecule has 0 radical (unpaired) electrons. The molecule has 1 aliphatic carbocycles. The van der Waals surface area contributed by atoms with E-state index in [1.807, 2.05) is 32.0 Å². The number of aliphatic hydroxyl groups is 1. The van der Waals surface area contributed by atoms with Crippen LogP contribution in [-0.2, 0) is 4.74 Å². The molecule has 0 amide bonds. The number of fused-ring (bicyclic) bond motifs is 1. The lowest BCUT2D eigenvalue weighted by molar-refractivity contribution is 0.0202. The van der Waals surface area contributed by atoms with Gasteiger partial charge in [0.25, 0.3) is 0 Å². The van der Waals surface area contributed by atoms with Crippen molar-refractivity contribution in [3.8, 4) is 17.0 Å². The molecule has 4 rings (SSSR count). The molecule has 2 aromatic rings. The number of phenolic OH excluding ortho intramolecular Hbond substituents is 1. The fourth-order valence-electron chi connectivity index (χ4n) is 4.10. The Morgan fingerprint density at radius 3 is 2.72 bits per heavy atom. The van der Waals surface area contributed by atoms with E-state index in [1.54, 1.807) is 6.07 Å². The van der Waals surface area contributed by atoms with Crippen molar-refractivity contribution in [1.29, 1.82) is 0 Å². The second-order valence-corrected chi connectivity index (χ2v) is 7.05. The summed E-state index contributed by atoms with van der Waals surface area (Å²) in [6.07, 6.45) is 1.14. The maximum atomic E-state index is 10.3. The number of aromatic nitrogens is 2. The number of phenols is 1. The van der Waals surface area contributed by atoms with E-state index in [9.17, 15) is 10.2 Å². The Balaban J connectivity index is 1.62. The summed E-state index contributed by atoms with van der Waals surface area (Å²) >= 11 is 0. The van der Waals surface area contributed by atoms with E-state index in [2.05, 4.69) is 15.1 Å². The third-order valence-corrected chi connectivity index (χ3v) is 5.17. The first-order valence-corrected chi connectivity index (χ1v) is 8.73. The number of nitrogens with zero attached hydrogens (tertiary/aromatic N) is 3. The Bertz CT molecular complexity index is 755. The SMILES string of the molecule is Cc1cc(C)c(-c2ccc(N3CCO[C@@H]4C[C@@H](O)C[C@@H]43)nn2)c(O)c1. The molecule has 3 atom stereocenters. The summed E-state index contributed by atoms with van der Waals surface area (Å²) in [4.78, 5) is 2.18. The molecule has 2 fully saturated rings. The molecule has 2 heterocycles. The molecule has 0 unspecified atom stereocenters. The van der Waals surface area contributed by atoms with Crippen LogP contribution in [0.15, 0.2) is 24.3 Å². The number of aryl methyl sites for hydroxylation is 2. The average Bonchev–Trinajstić information content (AvgIpc) is 2.94. The molecule has 1 aromatic heterocycles. The summed E-state index contributed by atoms with van der Waals surface area (Å²) < 4.78 is 5.78. The molecular formula is C19H23N3O3. The summed E-state index contributed by atoms with van der Waals surface area (Å²) in [5.41, 5.74) is 3.38. The van der Waals surface area contributed by atoms with Gasteiger partial charge < -0.3 is 19.8 Å². The normalized spacial score (nSPS) is 25.9. The first kappa shape index (κ1) is 16.3. The Kier molecular flexibility index (Phi) is 4.09. The van der Waals surface area contributed by atoms with Crippen LogP contribution in [0.3, 0.4) is 0 Å². The third-order valence-electron chi connectivity index (χ3n) is 5.17. The van der Waals surface area contributed by atoms with Gasteiger partial charge in [0.05, 0.1) is 30.6 Å². The maximum absolute atomic E-state index is 10.3. The molecular weight excluding hydrogens is 318 g/mol. The number of aromatic hydroxyl groups is 1. The van der Waals surface area contributed by atoms with Gasteiger partial charge in [0.15, 0.2) is 5.82 Å². The van der Waals surface area contributed by atoms with Gasteiger partial charge in [-0.25, -0.2) is 0 Å². The van der Waals surface area contributed by atoms with E-state index < -0.39 is 0 Å². The summed E-state index contributed by atoms with van der Waals surface area (Å²) in [5, 5.41) is 29.0. The maximum Gasteiger partial charge on any atom is 0.151 e. The van der Waals surface area contributed by atoms with Crippen LogP contribution < -0.4 is 4.90 Å². The van der Waals surface area contributed by atoms with Crippen molar-refractivity contribution in [1.82, 2.24) is 10.2 Å². The highest BCUT2D eigenvalue weighted by Gasteiger charge is 2.41. The second-order valence-electron chi connectivity index (χ2n) is 7.05. The molecule has 1 saturated carbocycles. The zero-order valence-electron chi connectivity index (χ0n) is 14.5. The van der Waals surface area contributed by atoms with Crippen LogP contribution in [0.1, 0.15) is 24.0 Å². The van der Waals surface area contributed by atoms with Gasteiger partial charge >= 0.3 is 0 Å². The van der Waals surface area contributed by atoms with E-state index in [-0.39, 0.29) is 24.0 Å². The quantitative estimate of drug-likeness (QED) is 0.872. The van der Waals surface area contributed by atoms with Crippen LogP contribution >= 0.6 is 0 Å². The highest BCUT2D eigenvalue weighted by molar-refractivity contribution is 5.71. The second kappa shape index (κ2) is 6.28. The number of anilines is 1. The molecule has 0 bridgehead atoms. The molecule has 2 aliphatic rings. The summed E-state index contributed by atoms with van der Waals surface area (Å²) in [7, 11) is 0. The monoisotopic (exact) mass is 341 g/mol. The Morgan fingerprint density at radius 2 is 2.00 bits per heavy atom. The number of aliphatic hydroxyl groups excluding tert-OH is 1. The zero-order valence-corrected chi connectivity index (χ0v) is 14.5. The first-order chi connectivity index (χ1) is 12.0. The molecule has 2 N–H and O–H groups in total. The van der Waals surface area contributed by atoms with Crippen molar-refractivity contribution < 1.29 is 14.9 Å². The number of hydrogen-bond acceptors (Lipinski definition) is 6. The minimum absolute atomic E-state index is 0.0635. The van der Waals surface area contributed by atoms with Gasteiger partial charge in [0.2, 0.25) is 0 Å². The fraction of sp³-hybridized carbons (Fsp3) is 0.474. The van der Waals surface area contributed by atoms with Gasteiger partial charge in [-0.1, -0.05) is 6.07 Å². The number of benzene rings is 1. The van der Waals surface area contributed by atoms with Crippen molar-refractivity contribution in [2.75, 3.05) is 18.1 Å². The number of hydrogen-bond donors (Lipinski definition) is 2. The molecule has 0 spiro atoms. The summed E-state index contributed by atoms with van der Waals surface area (Å²) in [6.45, 7) is 5.30.